The Labute approximate surface area is 90.9 Å². The Kier molecular flexibility index (Phi) is 6.76. The summed E-state index contributed by atoms with van der Waals surface area (Å²) in [4.78, 5) is 11.1. The molecule has 0 rings (SSSR count). The van der Waals surface area contributed by atoms with Crippen LogP contribution in [-0.4, -0.2) is 38.0 Å². The van der Waals surface area contributed by atoms with Gasteiger partial charge in [0.25, 0.3) is 0 Å². The lowest BCUT2D eigenvalue weighted by molar-refractivity contribution is -0.160. The third-order valence-corrected chi connectivity index (χ3v) is 1.20. The van der Waals surface area contributed by atoms with Crippen LogP contribution in [0.3, 0.4) is 0 Å². The molecular weight excluding hydrogens is 196 g/mol. The van der Waals surface area contributed by atoms with Crippen molar-refractivity contribution in [3.8, 4) is 12.3 Å². The van der Waals surface area contributed by atoms with E-state index in [-0.39, 0.29) is 19.2 Å². The maximum absolute atomic E-state index is 11.1. The Morgan fingerprint density at radius 1 is 1.27 bits per heavy atom. The van der Waals surface area contributed by atoms with Gasteiger partial charge in [0.05, 0.1) is 13.2 Å². The maximum atomic E-state index is 11.1. The lowest BCUT2D eigenvalue weighted by Crippen LogP contribution is -2.27. The molecule has 0 aromatic carbocycles. The molecule has 0 saturated carbocycles. The van der Waals surface area contributed by atoms with Crippen molar-refractivity contribution in [1.29, 1.82) is 0 Å². The first-order valence-electron chi connectivity index (χ1n) is 4.76. The second-order valence-electron chi connectivity index (χ2n) is 3.90. The molecule has 0 saturated heterocycles. The molecule has 0 aliphatic carbocycles. The van der Waals surface area contributed by atoms with Crippen LogP contribution >= 0.6 is 0 Å². The Bertz CT molecular complexity index is 222. The Morgan fingerprint density at radius 3 is 2.40 bits per heavy atom. The zero-order valence-electron chi connectivity index (χ0n) is 9.54. The number of ether oxygens (including phenoxy) is 3. The molecule has 0 amide bonds. The van der Waals surface area contributed by atoms with E-state index < -0.39 is 5.60 Å². The van der Waals surface area contributed by atoms with Gasteiger partial charge >= 0.3 is 5.97 Å². The molecule has 4 heteroatoms. The molecule has 0 fully saturated rings. The van der Waals surface area contributed by atoms with Gasteiger partial charge in [0, 0.05) is 0 Å². The summed E-state index contributed by atoms with van der Waals surface area (Å²) in [5.41, 5.74) is -0.472. The zero-order valence-corrected chi connectivity index (χ0v) is 9.54. The number of carbonyl (C=O) groups excluding carboxylic acids is 1. The molecule has 0 radical (unpaired) electrons. The van der Waals surface area contributed by atoms with Crippen molar-refractivity contribution in [1.82, 2.24) is 0 Å². The van der Waals surface area contributed by atoms with Crippen molar-refractivity contribution in [2.24, 2.45) is 0 Å². The second-order valence-corrected chi connectivity index (χ2v) is 3.90. The van der Waals surface area contributed by atoms with Gasteiger partial charge in [-0.15, -0.1) is 6.42 Å². The normalized spacial score (nSPS) is 10.8. The Hall–Kier alpha value is -1.05. The van der Waals surface area contributed by atoms with Crippen LogP contribution in [0.1, 0.15) is 20.8 Å². The van der Waals surface area contributed by atoms with Crippen LogP contribution in [0.25, 0.3) is 0 Å². The number of esters is 1. The molecule has 0 bridgehead atoms. The Balaban J connectivity index is 3.37. The average Bonchev–Trinajstić information content (AvgIpc) is 2.08. The highest BCUT2D eigenvalue weighted by Gasteiger charge is 2.15. The van der Waals surface area contributed by atoms with Crippen molar-refractivity contribution in [3.63, 3.8) is 0 Å². The van der Waals surface area contributed by atoms with E-state index in [1.54, 1.807) is 20.8 Å². The summed E-state index contributed by atoms with van der Waals surface area (Å²) in [6.07, 6.45) is 4.97. The third-order valence-electron chi connectivity index (χ3n) is 1.20. The number of hydrogen-bond acceptors (Lipinski definition) is 4. The summed E-state index contributed by atoms with van der Waals surface area (Å²) in [6, 6.07) is 0. The number of terminal acetylenes is 1. The summed E-state index contributed by atoms with van der Waals surface area (Å²) in [5.74, 6) is 1.95. The van der Waals surface area contributed by atoms with Crippen LogP contribution in [0.2, 0.25) is 0 Å². The van der Waals surface area contributed by atoms with E-state index in [1.165, 1.54) is 0 Å². The van der Waals surface area contributed by atoms with E-state index in [4.69, 9.17) is 20.6 Å². The number of rotatable bonds is 6. The Morgan fingerprint density at radius 2 is 1.87 bits per heavy atom. The van der Waals surface area contributed by atoms with Crippen LogP contribution in [0, 0.1) is 12.3 Å². The van der Waals surface area contributed by atoms with Crippen LogP contribution in [-0.2, 0) is 19.0 Å². The van der Waals surface area contributed by atoms with Gasteiger partial charge in [0.15, 0.2) is 0 Å². The summed E-state index contributed by atoms with van der Waals surface area (Å²) in [6.45, 7) is 6.34. The highest BCUT2D eigenvalue weighted by molar-refractivity contribution is 5.71. The van der Waals surface area contributed by atoms with E-state index in [1.807, 2.05) is 0 Å². The molecule has 0 heterocycles. The van der Waals surface area contributed by atoms with Gasteiger partial charge < -0.3 is 14.2 Å². The SMILES string of the molecule is C#CCOCCOCC(=O)OC(C)(C)C. The predicted octanol–water partition coefficient (Wildman–Crippen LogP) is 0.994. The van der Waals surface area contributed by atoms with Gasteiger partial charge in [-0.1, -0.05) is 5.92 Å². The molecule has 15 heavy (non-hydrogen) atoms. The van der Waals surface area contributed by atoms with Gasteiger partial charge in [-0.3, -0.25) is 0 Å². The summed E-state index contributed by atoms with van der Waals surface area (Å²) in [7, 11) is 0. The van der Waals surface area contributed by atoms with Crippen LogP contribution in [0.5, 0.6) is 0 Å². The van der Waals surface area contributed by atoms with Gasteiger partial charge in [-0.25, -0.2) is 4.79 Å². The monoisotopic (exact) mass is 214 g/mol. The number of hydrogen-bond donors (Lipinski definition) is 0. The highest BCUT2D eigenvalue weighted by atomic mass is 16.6. The van der Waals surface area contributed by atoms with E-state index in [0.29, 0.717) is 13.2 Å². The molecule has 0 atom stereocenters. The van der Waals surface area contributed by atoms with Crippen LogP contribution in [0.15, 0.2) is 0 Å². The standard InChI is InChI=1S/C11H18O4/c1-5-6-13-7-8-14-9-10(12)15-11(2,3)4/h1H,6-9H2,2-4H3. The molecular formula is C11H18O4. The summed E-state index contributed by atoms with van der Waals surface area (Å²) < 4.78 is 15.0. The molecule has 86 valence electrons. The topological polar surface area (TPSA) is 44.8 Å². The molecule has 0 unspecified atom stereocenters. The van der Waals surface area contributed by atoms with Crippen LogP contribution in [0.4, 0.5) is 0 Å². The third kappa shape index (κ3) is 10.9. The largest absolute Gasteiger partial charge is 0.458 e. The fourth-order valence-corrected chi connectivity index (χ4v) is 0.775. The molecule has 0 spiro atoms. The molecule has 0 aromatic rings. The second kappa shape index (κ2) is 7.27. The molecule has 0 N–H and O–H groups in total. The first-order valence-corrected chi connectivity index (χ1v) is 4.76. The summed E-state index contributed by atoms with van der Waals surface area (Å²) in [5, 5.41) is 0. The van der Waals surface area contributed by atoms with Crippen LogP contribution < -0.4 is 0 Å². The summed E-state index contributed by atoms with van der Waals surface area (Å²) >= 11 is 0. The molecule has 4 nitrogen and oxygen atoms in total. The lowest BCUT2D eigenvalue weighted by atomic mass is 10.2. The molecule has 0 aromatic heterocycles. The minimum absolute atomic E-state index is 0.0588. The van der Waals surface area contributed by atoms with Crippen molar-refractivity contribution < 1.29 is 19.0 Å². The fraction of sp³-hybridized carbons (Fsp3) is 0.727. The zero-order chi connectivity index (χ0) is 11.7. The van der Waals surface area contributed by atoms with Gasteiger partial charge in [0.2, 0.25) is 0 Å². The van der Waals surface area contributed by atoms with E-state index in [2.05, 4.69) is 5.92 Å². The molecule has 0 aliphatic rings. The van der Waals surface area contributed by atoms with E-state index >= 15 is 0 Å². The van der Waals surface area contributed by atoms with E-state index in [9.17, 15) is 4.79 Å². The fourth-order valence-electron chi connectivity index (χ4n) is 0.775. The minimum Gasteiger partial charge on any atom is -0.458 e. The van der Waals surface area contributed by atoms with Gasteiger partial charge in [-0.2, -0.15) is 0 Å². The van der Waals surface area contributed by atoms with Crippen molar-refractivity contribution >= 4 is 5.97 Å². The smallest absolute Gasteiger partial charge is 0.332 e. The van der Waals surface area contributed by atoms with Gasteiger partial charge in [0.1, 0.15) is 18.8 Å². The molecule has 0 aliphatic heterocycles. The van der Waals surface area contributed by atoms with Crippen molar-refractivity contribution in [2.45, 2.75) is 26.4 Å². The van der Waals surface area contributed by atoms with Crippen molar-refractivity contribution in [3.05, 3.63) is 0 Å². The predicted molar refractivity (Wildman–Crippen MR) is 56.3 cm³/mol. The quantitative estimate of drug-likeness (QED) is 0.376. The first-order chi connectivity index (χ1) is 6.95. The average molecular weight is 214 g/mol. The lowest BCUT2D eigenvalue weighted by Gasteiger charge is -2.19. The maximum Gasteiger partial charge on any atom is 0.332 e. The van der Waals surface area contributed by atoms with Gasteiger partial charge in [-0.05, 0) is 20.8 Å². The minimum atomic E-state index is -0.472. The first kappa shape index (κ1) is 13.9. The number of carbonyl (C=O) groups is 1. The van der Waals surface area contributed by atoms with Crippen molar-refractivity contribution in [2.75, 3.05) is 26.4 Å². The highest BCUT2D eigenvalue weighted by Crippen LogP contribution is 2.06. The van der Waals surface area contributed by atoms with E-state index in [0.717, 1.165) is 0 Å².